The van der Waals surface area contributed by atoms with Crippen LogP contribution >= 0.6 is 0 Å². The van der Waals surface area contributed by atoms with Crippen molar-refractivity contribution in [3.8, 4) is 0 Å². The molecule has 0 aliphatic carbocycles. The molecule has 0 amide bonds. The number of benzene rings is 4. The molecule has 0 fully saturated rings. The van der Waals surface area contributed by atoms with Gasteiger partial charge in [0, 0.05) is 0 Å². The molecule has 3 N–H and O–H groups in total. The van der Waals surface area contributed by atoms with Gasteiger partial charge in [-0.2, -0.15) is 4.80 Å². The molecule has 5 rings (SSSR count). The fourth-order valence-corrected chi connectivity index (χ4v) is 5.08. The summed E-state index contributed by atoms with van der Waals surface area (Å²) in [5.41, 5.74) is 2.89. The molecular weight excluding hydrogens is 500 g/mol. The maximum atomic E-state index is 12.9. The molecule has 1 aromatic heterocycles. The molecule has 4 aromatic carbocycles. The smallest absolute Gasteiger partial charge is 0.322 e. The van der Waals surface area contributed by atoms with Gasteiger partial charge in [-0.1, -0.05) is 133 Å². The summed E-state index contributed by atoms with van der Waals surface area (Å²) in [4.78, 5) is 14.4. The Morgan fingerprint density at radius 3 is 1.73 bits per heavy atom. The van der Waals surface area contributed by atoms with E-state index in [0.717, 1.165) is 22.3 Å². The van der Waals surface area contributed by atoms with Crippen LogP contribution in [-0.2, 0) is 16.9 Å². The van der Waals surface area contributed by atoms with E-state index in [9.17, 15) is 9.90 Å². The van der Waals surface area contributed by atoms with Crippen molar-refractivity contribution in [2.75, 3.05) is 5.32 Å². The average Bonchev–Trinajstić information content (AvgIpc) is 3.45. The topological polar surface area (TPSA) is 105 Å². The zero-order valence-electron chi connectivity index (χ0n) is 22.3. The van der Waals surface area contributed by atoms with Gasteiger partial charge in [-0.25, -0.2) is 0 Å². The second kappa shape index (κ2) is 12.4. The number of anilines is 1. The van der Waals surface area contributed by atoms with Crippen molar-refractivity contribution >= 4 is 11.9 Å². The number of carboxylic acid groups (broad SMARTS) is 1. The van der Waals surface area contributed by atoms with Crippen LogP contribution in [0.1, 0.15) is 35.6 Å². The Labute approximate surface area is 233 Å². The van der Waals surface area contributed by atoms with Crippen molar-refractivity contribution < 1.29 is 9.90 Å². The fraction of sp³-hybridized carbons (Fsp3) is 0.188. The second-order valence-electron chi connectivity index (χ2n) is 9.60. The number of aromatic nitrogens is 4. The van der Waals surface area contributed by atoms with Crippen molar-refractivity contribution in [3.05, 3.63) is 144 Å². The summed E-state index contributed by atoms with van der Waals surface area (Å²) in [7, 11) is 0. The van der Waals surface area contributed by atoms with Gasteiger partial charge in [-0.15, -0.1) is 5.10 Å². The summed E-state index contributed by atoms with van der Waals surface area (Å²) in [5.74, 6) is -0.705. The van der Waals surface area contributed by atoms with E-state index in [2.05, 4.69) is 26.0 Å². The lowest BCUT2D eigenvalue weighted by molar-refractivity contribution is -0.140. The summed E-state index contributed by atoms with van der Waals surface area (Å²) >= 11 is 0. The van der Waals surface area contributed by atoms with Gasteiger partial charge in [0.2, 0.25) is 0 Å². The Morgan fingerprint density at radius 1 is 0.800 bits per heavy atom. The van der Waals surface area contributed by atoms with Crippen molar-refractivity contribution in [3.63, 3.8) is 0 Å². The highest BCUT2D eigenvalue weighted by atomic mass is 16.4. The zero-order valence-corrected chi connectivity index (χ0v) is 22.3. The number of tetrazole rings is 1. The highest BCUT2D eigenvalue weighted by Gasteiger charge is 2.42. The van der Waals surface area contributed by atoms with Gasteiger partial charge in [-0.3, -0.25) is 10.1 Å². The lowest BCUT2D eigenvalue weighted by Crippen LogP contribution is -2.58. The van der Waals surface area contributed by atoms with Crippen LogP contribution in [0.3, 0.4) is 0 Å². The van der Waals surface area contributed by atoms with Gasteiger partial charge in [0.05, 0.1) is 18.1 Å². The van der Waals surface area contributed by atoms with E-state index in [-0.39, 0.29) is 5.95 Å². The maximum absolute atomic E-state index is 12.9. The van der Waals surface area contributed by atoms with Crippen LogP contribution < -0.4 is 10.6 Å². The molecule has 40 heavy (non-hydrogen) atoms. The maximum Gasteiger partial charge on any atom is 0.322 e. The lowest BCUT2D eigenvalue weighted by atomic mass is 9.76. The molecule has 0 spiro atoms. The van der Waals surface area contributed by atoms with Crippen molar-refractivity contribution in [1.82, 2.24) is 25.5 Å². The number of hydrogen-bond acceptors (Lipinski definition) is 6. The fourth-order valence-electron chi connectivity index (χ4n) is 5.08. The van der Waals surface area contributed by atoms with Crippen molar-refractivity contribution in [1.29, 1.82) is 0 Å². The Hall–Kier alpha value is -4.82. The lowest BCUT2D eigenvalue weighted by Gasteiger charge is -2.41. The summed E-state index contributed by atoms with van der Waals surface area (Å²) in [5, 5.41) is 30.2. The number of nitrogens with one attached hydrogen (secondary N) is 2. The zero-order chi connectivity index (χ0) is 27.8. The minimum atomic E-state index is -1.01. The number of hydrogen-bond donors (Lipinski definition) is 3. The number of rotatable bonds is 12. The van der Waals surface area contributed by atoms with Crippen LogP contribution in [0, 0.1) is 0 Å². The van der Waals surface area contributed by atoms with Gasteiger partial charge in [0.1, 0.15) is 6.04 Å². The standard InChI is InChI=1S/C32H32N6O2/c1-2-28(33-31-35-37-38(36-31)23-24-15-7-3-8-16-24)29(30(39)40)34-32(25-17-9-4-10-18-25,26-19-11-5-12-20-26)27-21-13-6-14-22-27/h3-22,28-29,34H,2,23H2,1H3,(H,33,36)(H,39,40). The Bertz CT molecular complexity index is 1400. The van der Waals surface area contributed by atoms with E-state index in [1.54, 1.807) is 0 Å². The van der Waals surface area contributed by atoms with Gasteiger partial charge in [-0.05, 0) is 33.9 Å². The average molecular weight is 533 g/mol. The summed E-state index contributed by atoms with van der Waals surface area (Å²) < 4.78 is 0. The van der Waals surface area contributed by atoms with Gasteiger partial charge in [0.15, 0.2) is 0 Å². The van der Waals surface area contributed by atoms with Gasteiger partial charge < -0.3 is 10.4 Å². The Balaban J connectivity index is 1.52. The molecule has 2 atom stereocenters. The highest BCUT2D eigenvalue weighted by Crippen LogP contribution is 2.37. The number of aliphatic carboxylic acids is 1. The number of nitrogens with zero attached hydrogens (tertiary/aromatic N) is 4. The summed E-state index contributed by atoms with van der Waals surface area (Å²) in [6.45, 7) is 2.41. The molecule has 0 aliphatic heterocycles. The molecular formula is C32H32N6O2. The van der Waals surface area contributed by atoms with E-state index >= 15 is 0 Å². The Kier molecular flexibility index (Phi) is 8.27. The van der Waals surface area contributed by atoms with Crippen LogP contribution in [-0.4, -0.2) is 43.4 Å². The molecule has 1 heterocycles. The molecule has 0 saturated heterocycles. The summed E-state index contributed by atoms with van der Waals surface area (Å²) in [6.07, 6.45) is 0.506. The van der Waals surface area contributed by atoms with Gasteiger partial charge in [0.25, 0.3) is 5.95 Å². The molecule has 202 valence electrons. The first kappa shape index (κ1) is 26.8. The molecule has 5 aromatic rings. The molecule has 0 radical (unpaired) electrons. The monoisotopic (exact) mass is 532 g/mol. The van der Waals surface area contributed by atoms with E-state index in [1.807, 2.05) is 128 Å². The van der Waals surface area contributed by atoms with Crippen LogP contribution in [0.25, 0.3) is 0 Å². The number of carbonyl (C=O) groups is 1. The van der Waals surface area contributed by atoms with Crippen molar-refractivity contribution in [2.24, 2.45) is 0 Å². The van der Waals surface area contributed by atoms with E-state index in [1.165, 1.54) is 4.80 Å². The van der Waals surface area contributed by atoms with Gasteiger partial charge >= 0.3 is 5.97 Å². The van der Waals surface area contributed by atoms with Crippen LogP contribution in [0.15, 0.2) is 121 Å². The summed E-state index contributed by atoms with van der Waals surface area (Å²) in [6, 6.07) is 38.2. The predicted molar refractivity (Wildman–Crippen MR) is 155 cm³/mol. The SMILES string of the molecule is CCC(Nc1nnn(Cc2ccccc2)n1)C(NC(c1ccccc1)(c1ccccc1)c1ccccc1)C(=O)O. The van der Waals surface area contributed by atoms with Crippen LogP contribution in [0.4, 0.5) is 5.95 Å². The predicted octanol–water partition coefficient (Wildman–Crippen LogP) is 4.95. The first-order chi connectivity index (χ1) is 19.6. The third-order valence-corrected chi connectivity index (χ3v) is 7.03. The van der Waals surface area contributed by atoms with E-state index in [0.29, 0.717) is 13.0 Å². The molecule has 8 nitrogen and oxygen atoms in total. The molecule has 8 heteroatoms. The first-order valence-corrected chi connectivity index (χ1v) is 13.4. The highest BCUT2D eigenvalue weighted by molar-refractivity contribution is 5.76. The van der Waals surface area contributed by atoms with Crippen LogP contribution in [0.2, 0.25) is 0 Å². The Morgan fingerprint density at radius 2 is 1.27 bits per heavy atom. The third-order valence-electron chi connectivity index (χ3n) is 7.03. The third kappa shape index (κ3) is 5.77. The quantitative estimate of drug-likeness (QED) is 0.195. The van der Waals surface area contributed by atoms with Crippen molar-refractivity contribution in [2.45, 2.75) is 37.5 Å². The minimum absolute atomic E-state index is 0.278. The largest absolute Gasteiger partial charge is 0.480 e. The molecule has 0 aliphatic rings. The molecule has 0 bridgehead atoms. The molecule has 0 saturated carbocycles. The number of carboxylic acids is 1. The molecule has 2 unspecified atom stereocenters. The van der Waals surface area contributed by atoms with E-state index < -0.39 is 23.6 Å². The first-order valence-electron chi connectivity index (χ1n) is 13.4. The second-order valence-corrected chi connectivity index (χ2v) is 9.60. The minimum Gasteiger partial charge on any atom is -0.480 e. The normalized spacial score (nSPS) is 12.9. The van der Waals surface area contributed by atoms with Crippen LogP contribution in [0.5, 0.6) is 0 Å². The van der Waals surface area contributed by atoms with E-state index in [4.69, 9.17) is 0 Å².